The lowest BCUT2D eigenvalue weighted by atomic mass is 9.97. The summed E-state index contributed by atoms with van der Waals surface area (Å²) in [6.07, 6.45) is 5.49. The Kier molecular flexibility index (Phi) is 5.63. The number of nitrogens with one attached hydrogen (secondary N) is 2. The lowest BCUT2D eigenvalue weighted by Crippen LogP contribution is -2.40. The molecule has 1 atom stereocenters. The Hall–Kier alpha value is -1.31. The number of thioether (sulfide) groups is 1. The van der Waals surface area contributed by atoms with Crippen LogP contribution in [0.15, 0.2) is 29.6 Å². The number of anilines is 1. The summed E-state index contributed by atoms with van der Waals surface area (Å²) < 4.78 is 0. The number of nitrogens with zero attached hydrogens (tertiary/aromatic N) is 2. The largest absolute Gasteiger partial charge is 0.395 e. The molecule has 2 aromatic rings. The minimum Gasteiger partial charge on any atom is -0.395 e. The Bertz CT molecular complexity index is 785. The van der Waals surface area contributed by atoms with Gasteiger partial charge < -0.3 is 10.4 Å². The third-order valence-electron chi connectivity index (χ3n) is 3.58. The highest BCUT2D eigenvalue weighted by atomic mass is 35.5. The summed E-state index contributed by atoms with van der Waals surface area (Å²) in [6.45, 7) is 0.475. The van der Waals surface area contributed by atoms with Crippen molar-refractivity contribution in [1.29, 1.82) is 0 Å². The van der Waals surface area contributed by atoms with Gasteiger partial charge in [0.2, 0.25) is 0 Å². The summed E-state index contributed by atoms with van der Waals surface area (Å²) in [5, 5.41) is 17.6. The molecule has 2 heterocycles. The number of aliphatic hydroxyl groups excluding tert-OH is 1. The van der Waals surface area contributed by atoms with Crippen molar-refractivity contribution in [3.8, 4) is 0 Å². The van der Waals surface area contributed by atoms with Crippen LogP contribution in [0.5, 0.6) is 0 Å². The fraction of sp³-hybridized carbons (Fsp3) is 0.250. The molecule has 8 heteroatoms. The maximum absolute atomic E-state index is 9.14. The molecule has 0 saturated carbocycles. The van der Waals surface area contributed by atoms with Crippen LogP contribution in [0.2, 0.25) is 10.0 Å². The average molecular weight is 383 g/mol. The molecule has 0 aliphatic carbocycles. The smallest absolute Gasteiger partial charge is 0.189 e. The van der Waals surface area contributed by atoms with Crippen LogP contribution in [0, 0.1) is 0 Å². The molecule has 1 aliphatic heterocycles. The molecule has 1 aromatic heterocycles. The predicted molar refractivity (Wildman–Crippen MR) is 101 cm³/mol. The summed E-state index contributed by atoms with van der Waals surface area (Å²) in [5.41, 5.74) is 2.69. The highest BCUT2D eigenvalue weighted by Gasteiger charge is 2.24. The first-order valence-electron chi connectivity index (χ1n) is 7.31. The molecule has 126 valence electrons. The van der Waals surface area contributed by atoms with E-state index in [-0.39, 0.29) is 12.8 Å². The van der Waals surface area contributed by atoms with Gasteiger partial charge in [-0.15, -0.1) is 0 Å². The summed E-state index contributed by atoms with van der Waals surface area (Å²) in [7, 11) is 0. The Morgan fingerprint density at radius 2 is 2.21 bits per heavy atom. The third kappa shape index (κ3) is 3.68. The van der Waals surface area contributed by atoms with Gasteiger partial charge in [0.15, 0.2) is 5.16 Å². The van der Waals surface area contributed by atoms with Crippen LogP contribution in [0.4, 0.5) is 5.82 Å². The van der Waals surface area contributed by atoms with Crippen LogP contribution in [-0.4, -0.2) is 40.6 Å². The fourth-order valence-corrected chi connectivity index (χ4v) is 3.34. The first-order valence-corrected chi connectivity index (χ1v) is 9.29. The van der Waals surface area contributed by atoms with Gasteiger partial charge in [0.05, 0.1) is 6.61 Å². The van der Waals surface area contributed by atoms with Crippen LogP contribution in [-0.2, 0) is 0 Å². The number of hydrogen-bond acceptors (Lipinski definition) is 6. The van der Waals surface area contributed by atoms with E-state index in [0.717, 1.165) is 22.5 Å². The van der Waals surface area contributed by atoms with Gasteiger partial charge >= 0.3 is 0 Å². The first kappa shape index (κ1) is 17.5. The molecule has 1 aliphatic rings. The zero-order valence-corrected chi connectivity index (χ0v) is 15.2. The quantitative estimate of drug-likeness (QED) is 0.543. The lowest BCUT2D eigenvalue weighted by Gasteiger charge is -2.29. The Balaban J connectivity index is 2.05. The normalized spacial score (nSPS) is 16.3. The third-order valence-corrected chi connectivity index (χ3v) is 4.69. The molecule has 0 amide bonds. The molecule has 5 nitrogen and oxygen atoms in total. The summed E-state index contributed by atoms with van der Waals surface area (Å²) in [5.74, 6) is 0.749. The average Bonchev–Trinajstić information content (AvgIpc) is 2.59. The minimum absolute atomic E-state index is 0.0342. The van der Waals surface area contributed by atoms with Gasteiger partial charge in [-0.3, -0.25) is 5.32 Å². The van der Waals surface area contributed by atoms with E-state index >= 15 is 0 Å². The van der Waals surface area contributed by atoms with Crippen molar-refractivity contribution < 1.29 is 5.11 Å². The molecule has 0 fully saturated rings. The van der Waals surface area contributed by atoms with Crippen molar-refractivity contribution in [2.24, 2.45) is 0 Å². The van der Waals surface area contributed by atoms with Gasteiger partial charge in [-0.2, -0.15) is 0 Å². The number of aliphatic hydroxyl groups is 1. The van der Waals surface area contributed by atoms with E-state index in [2.05, 4.69) is 20.6 Å². The van der Waals surface area contributed by atoms with Gasteiger partial charge in [0.25, 0.3) is 0 Å². The second-order valence-electron chi connectivity index (χ2n) is 5.14. The van der Waals surface area contributed by atoms with Crippen molar-refractivity contribution in [2.45, 2.75) is 11.3 Å². The Morgan fingerprint density at radius 1 is 1.38 bits per heavy atom. The van der Waals surface area contributed by atoms with E-state index in [4.69, 9.17) is 28.3 Å². The molecule has 3 N–H and O–H groups in total. The van der Waals surface area contributed by atoms with Crippen molar-refractivity contribution in [1.82, 2.24) is 15.3 Å². The molecule has 1 unspecified atom stereocenters. The van der Waals surface area contributed by atoms with Gasteiger partial charge in [0.1, 0.15) is 12.0 Å². The van der Waals surface area contributed by atoms with Crippen LogP contribution < -0.4 is 10.6 Å². The van der Waals surface area contributed by atoms with Crippen LogP contribution in [0.3, 0.4) is 0 Å². The maximum atomic E-state index is 9.14. The number of benzene rings is 1. The minimum atomic E-state index is -0.229. The van der Waals surface area contributed by atoms with Crippen molar-refractivity contribution in [2.75, 3.05) is 24.7 Å². The van der Waals surface area contributed by atoms with Gasteiger partial charge in [0, 0.05) is 28.4 Å². The molecule has 0 spiro atoms. The van der Waals surface area contributed by atoms with E-state index in [0.29, 0.717) is 21.7 Å². The van der Waals surface area contributed by atoms with Crippen LogP contribution in [0.25, 0.3) is 11.6 Å². The molecule has 0 radical (unpaired) electrons. The van der Waals surface area contributed by atoms with E-state index in [1.54, 1.807) is 18.3 Å². The van der Waals surface area contributed by atoms with Crippen LogP contribution >= 0.6 is 35.0 Å². The highest BCUT2D eigenvalue weighted by Crippen LogP contribution is 2.35. The van der Waals surface area contributed by atoms with Gasteiger partial charge in [-0.05, 0) is 35.6 Å². The molecule has 1 aromatic carbocycles. The molecular formula is C16H16Cl2N4OS. The molecule has 0 bridgehead atoms. The summed E-state index contributed by atoms with van der Waals surface area (Å²) >= 11 is 13.9. The molecule has 0 saturated heterocycles. The van der Waals surface area contributed by atoms with E-state index in [9.17, 15) is 0 Å². The van der Waals surface area contributed by atoms with Gasteiger partial charge in [-0.1, -0.05) is 41.0 Å². The second kappa shape index (κ2) is 7.72. The lowest BCUT2D eigenvalue weighted by molar-refractivity contribution is 0.290. The molecular weight excluding hydrogens is 367 g/mol. The van der Waals surface area contributed by atoms with Crippen molar-refractivity contribution in [3.63, 3.8) is 0 Å². The van der Waals surface area contributed by atoms with Crippen molar-refractivity contribution >= 4 is 52.4 Å². The van der Waals surface area contributed by atoms with E-state index in [1.807, 2.05) is 18.4 Å². The second-order valence-corrected chi connectivity index (χ2v) is 6.76. The first-order chi connectivity index (χ1) is 11.6. The maximum Gasteiger partial charge on any atom is 0.189 e. The van der Waals surface area contributed by atoms with Crippen molar-refractivity contribution in [3.05, 3.63) is 45.6 Å². The monoisotopic (exact) mass is 382 g/mol. The Labute approximate surface area is 154 Å². The number of fused-ring (bicyclic) bond motifs is 1. The van der Waals surface area contributed by atoms with Crippen LogP contribution in [0.1, 0.15) is 11.1 Å². The summed E-state index contributed by atoms with van der Waals surface area (Å²) in [6, 6.07) is 5.40. The summed E-state index contributed by atoms with van der Waals surface area (Å²) in [4.78, 5) is 8.81. The van der Waals surface area contributed by atoms with E-state index < -0.39 is 0 Å². The standard InChI is InChI=1S/C16H16Cl2N4OS/c1-24-16-20-8-9-6-12(11-3-2-10(17)7-13(11)18)15(19-4-5-23)21-14(9)22-16/h2-3,6-8,15,19,23H,4-5H2,1H3,(H,20,21,22). The fourth-order valence-electron chi connectivity index (χ4n) is 2.49. The highest BCUT2D eigenvalue weighted by molar-refractivity contribution is 7.98. The Morgan fingerprint density at radius 3 is 2.92 bits per heavy atom. The number of halogens is 2. The topological polar surface area (TPSA) is 70.1 Å². The molecule has 3 rings (SSSR count). The zero-order valence-electron chi connectivity index (χ0n) is 12.9. The molecule has 24 heavy (non-hydrogen) atoms. The van der Waals surface area contributed by atoms with E-state index in [1.165, 1.54) is 11.8 Å². The predicted octanol–water partition coefficient (Wildman–Crippen LogP) is 3.38. The number of aromatic nitrogens is 2. The number of rotatable bonds is 5. The van der Waals surface area contributed by atoms with Gasteiger partial charge in [-0.25, -0.2) is 9.97 Å². The SMILES string of the molecule is CSc1ncc2c(n1)NC(NCCO)C(c1ccc(Cl)cc1Cl)=C2. The zero-order chi connectivity index (χ0) is 17.1. The number of hydrogen-bond donors (Lipinski definition) is 3.